The van der Waals surface area contributed by atoms with Crippen LogP contribution in [-0.2, 0) is 0 Å². The summed E-state index contributed by atoms with van der Waals surface area (Å²) in [7, 11) is 0. The number of hydrogen-bond acceptors (Lipinski definition) is 4. The van der Waals surface area contributed by atoms with Gasteiger partial charge in [-0.1, -0.05) is 12.1 Å². The van der Waals surface area contributed by atoms with E-state index in [1.807, 2.05) is 0 Å². The zero-order valence-corrected chi connectivity index (χ0v) is 9.47. The first-order chi connectivity index (χ1) is 9.08. The predicted molar refractivity (Wildman–Crippen MR) is 69.3 cm³/mol. The third-order valence-corrected chi connectivity index (χ3v) is 2.97. The van der Waals surface area contributed by atoms with Crippen LogP contribution < -0.4 is 11.1 Å². The summed E-state index contributed by atoms with van der Waals surface area (Å²) in [4.78, 5) is 33.7. The fourth-order valence-corrected chi connectivity index (χ4v) is 2.09. The van der Waals surface area contributed by atoms with Gasteiger partial charge in [0.25, 0.3) is 16.8 Å². The van der Waals surface area contributed by atoms with E-state index in [1.54, 1.807) is 6.07 Å². The lowest BCUT2D eigenvalue weighted by atomic mass is 10.0. The lowest BCUT2D eigenvalue weighted by molar-refractivity contribution is -0.383. The van der Waals surface area contributed by atoms with Gasteiger partial charge in [0.15, 0.2) is 0 Å². The molecular formula is C12H7N3O4. The first kappa shape index (κ1) is 11.1. The normalized spacial score (nSPS) is 10.9. The van der Waals surface area contributed by atoms with Crippen molar-refractivity contribution in [3.8, 4) is 0 Å². The van der Waals surface area contributed by atoms with E-state index in [4.69, 9.17) is 0 Å². The summed E-state index contributed by atoms with van der Waals surface area (Å²) in [5.74, 6) is 0. The van der Waals surface area contributed by atoms with Gasteiger partial charge in [0.05, 0.1) is 21.1 Å². The third kappa shape index (κ3) is 1.60. The van der Waals surface area contributed by atoms with E-state index in [0.29, 0.717) is 10.8 Å². The molecule has 0 aliphatic heterocycles. The summed E-state index contributed by atoms with van der Waals surface area (Å²) in [6.45, 7) is 0. The largest absolute Gasteiger partial charge is 0.277 e. The highest BCUT2D eigenvalue weighted by Crippen LogP contribution is 2.27. The lowest BCUT2D eigenvalue weighted by Gasteiger charge is -2.01. The summed E-state index contributed by atoms with van der Waals surface area (Å²) in [5.41, 5.74) is -1.03. The molecule has 1 heterocycles. The van der Waals surface area contributed by atoms with E-state index in [2.05, 4.69) is 10.2 Å². The second-order valence-electron chi connectivity index (χ2n) is 4.06. The minimum absolute atomic E-state index is 0.0981. The van der Waals surface area contributed by atoms with Crippen molar-refractivity contribution in [2.45, 2.75) is 0 Å². The molecule has 0 fully saturated rings. The average molecular weight is 257 g/mol. The number of rotatable bonds is 1. The molecule has 0 aliphatic carbocycles. The molecule has 2 aromatic carbocycles. The Morgan fingerprint density at radius 1 is 0.947 bits per heavy atom. The number of nitrogens with one attached hydrogen (secondary N) is 2. The maximum Gasteiger partial charge on any atom is 0.277 e. The topological polar surface area (TPSA) is 109 Å². The number of benzene rings is 2. The summed E-state index contributed by atoms with van der Waals surface area (Å²) in [5, 5.41) is 16.6. The Bertz CT molecular complexity index is 939. The molecule has 0 aliphatic rings. The molecule has 0 saturated carbocycles. The number of hydrogen-bond donors (Lipinski definition) is 2. The van der Waals surface area contributed by atoms with Crippen LogP contribution in [0.5, 0.6) is 0 Å². The van der Waals surface area contributed by atoms with Crippen molar-refractivity contribution in [3.63, 3.8) is 0 Å². The molecule has 0 atom stereocenters. The Balaban J connectivity index is 2.60. The van der Waals surface area contributed by atoms with Crippen molar-refractivity contribution in [2.24, 2.45) is 0 Å². The summed E-state index contributed by atoms with van der Waals surface area (Å²) < 4.78 is 0. The van der Waals surface area contributed by atoms with Gasteiger partial charge in [-0.25, -0.2) is 0 Å². The number of non-ortho nitro benzene ring substituents is 1. The van der Waals surface area contributed by atoms with Crippen molar-refractivity contribution >= 4 is 27.2 Å². The Labute approximate surface area is 104 Å². The smallest absolute Gasteiger partial charge is 0.267 e. The minimum atomic E-state index is -0.518. The number of aromatic nitrogens is 2. The fourth-order valence-electron chi connectivity index (χ4n) is 2.09. The zero-order valence-electron chi connectivity index (χ0n) is 9.47. The molecule has 0 bridgehead atoms. The molecule has 0 amide bonds. The third-order valence-electron chi connectivity index (χ3n) is 2.97. The molecule has 7 nitrogen and oxygen atoms in total. The highest BCUT2D eigenvalue weighted by Gasteiger charge is 2.13. The maximum atomic E-state index is 11.7. The molecule has 7 heteroatoms. The SMILES string of the molecule is O=c1[nH][nH]c(=O)c2cc3c([N+](=O)[O-])cccc3cc12. The molecule has 1 aromatic heterocycles. The standard InChI is InChI=1S/C12H7N3O4/c16-11-8-4-6-2-1-3-10(15(18)19)7(6)5-9(8)12(17)14-13-11/h1-5H,(H,13,16)(H,14,17). The van der Waals surface area contributed by atoms with Crippen LogP contribution in [0.15, 0.2) is 39.9 Å². The van der Waals surface area contributed by atoms with E-state index in [-0.39, 0.29) is 16.5 Å². The van der Waals surface area contributed by atoms with Crippen LogP contribution in [0.3, 0.4) is 0 Å². The van der Waals surface area contributed by atoms with Gasteiger partial charge >= 0.3 is 0 Å². The number of fused-ring (bicyclic) bond motifs is 2. The number of H-pyrrole nitrogens is 2. The summed E-state index contributed by atoms with van der Waals surface area (Å²) in [6.07, 6.45) is 0. The molecule has 0 saturated heterocycles. The molecule has 2 N–H and O–H groups in total. The van der Waals surface area contributed by atoms with Gasteiger partial charge in [-0.05, 0) is 17.5 Å². The van der Waals surface area contributed by atoms with Crippen molar-refractivity contribution in [1.29, 1.82) is 0 Å². The van der Waals surface area contributed by atoms with Crippen LogP contribution in [0.25, 0.3) is 21.5 Å². The van der Waals surface area contributed by atoms with Gasteiger partial charge in [-0.2, -0.15) is 0 Å². The fraction of sp³-hybridized carbons (Fsp3) is 0. The van der Waals surface area contributed by atoms with Crippen molar-refractivity contribution in [3.05, 3.63) is 61.2 Å². The quantitative estimate of drug-likeness (QED) is 0.388. The molecular weight excluding hydrogens is 250 g/mol. The second kappa shape index (κ2) is 3.77. The number of aromatic amines is 2. The van der Waals surface area contributed by atoms with Gasteiger partial charge in [0.2, 0.25) is 0 Å². The van der Waals surface area contributed by atoms with E-state index in [1.165, 1.54) is 24.3 Å². The minimum Gasteiger partial charge on any atom is -0.267 e. The lowest BCUT2D eigenvalue weighted by Crippen LogP contribution is -2.18. The van der Waals surface area contributed by atoms with E-state index < -0.39 is 16.0 Å². The number of nitro benzene ring substituents is 1. The van der Waals surface area contributed by atoms with Gasteiger partial charge in [0.1, 0.15) is 0 Å². The highest BCUT2D eigenvalue weighted by molar-refractivity contribution is 6.01. The van der Waals surface area contributed by atoms with Crippen LogP contribution >= 0.6 is 0 Å². The molecule has 3 rings (SSSR count). The number of nitrogens with zero attached hydrogens (tertiary/aromatic N) is 1. The van der Waals surface area contributed by atoms with Gasteiger partial charge in [-0.15, -0.1) is 0 Å². The monoisotopic (exact) mass is 257 g/mol. The molecule has 19 heavy (non-hydrogen) atoms. The van der Waals surface area contributed by atoms with Crippen molar-refractivity contribution in [2.75, 3.05) is 0 Å². The van der Waals surface area contributed by atoms with Crippen molar-refractivity contribution < 1.29 is 4.92 Å². The van der Waals surface area contributed by atoms with Gasteiger partial charge in [-0.3, -0.25) is 29.9 Å². The Hall–Kier alpha value is -2.96. The summed E-state index contributed by atoms with van der Waals surface area (Å²) >= 11 is 0. The maximum absolute atomic E-state index is 11.7. The molecule has 3 aromatic rings. The highest BCUT2D eigenvalue weighted by atomic mass is 16.6. The Morgan fingerprint density at radius 3 is 2.21 bits per heavy atom. The molecule has 0 spiro atoms. The summed E-state index contributed by atoms with van der Waals surface area (Å²) in [6, 6.07) is 7.40. The first-order valence-electron chi connectivity index (χ1n) is 5.40. The van der Waals surface area contributed by atoms with Crippen LogP contribution in [0.1, 0.15) is 0 Å². The zero-order chi connectivity index (χ0) is 13.6. The average Bonchev–Trinajstić information content (AvgIpc) is 2.40. The number of nitro groups is 1. The first-order valence-corrected chi connectivity index (χ1v) is 5.40. The van der Waals surface area contributed by atoms with Gasteiger partial charge < -0.3 is 0 Å². The Morgan fingerprint density at radius 2 is 1.58 bits per heavy atom. The molecule has 0 unspecified atom stereocenters. The predicted octanol–water partition coefficient (Wildman–Crippen LogP) is 1.28. The van der Waals surface area contributed by atoms with Crippen LogP contribution in [-0.4, -0.2) is 15.1 Å². The van der Waals surface area contributed by atoms with E-state index in [9.17, 15) is 19.7 Å². The van der Waals surface area contributed by atoms with Crippen LogP contribution in [0, 0.1) is 10.1 Å². The van der Waals surface area contributed by atoms with Crippen LogP contribution in [0.4, 0.5) is 5.69 Å². The van der Waals surface area contributed by atoms with E-state index in [0.717, 1.165) is 0 Å². The molecule has 94 valence electrons. The van der Waals surface area contributed by atoms with E-state index >= 15 is 0 Å². The second-order valence-corrected chi connectivity index (χ2v) is 4.06. The Kier molecular flexibility index (Phi) is 2.21. The molecule has 0 radical (unpaired) electrons. The van der Waals surface area contributed by atoms with Crippen LogP contribution in [0.2, 0.25) is 0 Å². The van der Waals surface area contributed by atoms with Gasteiger partial charge in [0, 0.05) is 6.07 Å². The van der Waals surface area contributed by atoms with Crippen molar-refractivity contribution in [1.82, 2.24) is 10.2 Å².